The second-order valence-corrected chi connectivity index (χ2v) is 6.83. The Morgan fingerprint density at radius 2 is 1.80 bits per heavy atom. The number of aliphatic hydroxyl groups excluding tert-OH is 1. The van der Waals surface area contributed by atoms with E-state index in [2.05, 4.69) is 27.7 Å². The first-order valence-corrected chi connectivity index (χ1v) is 8.55. The maximum Gasteiger partial charge on any atom is 0.315 e. The molecule has 3 N–H and O–H groups in total. The number of nitrogens with one attached hydrogen (secondary N) is 2. The Kier molecular flexibility index (Phi) is 5.36. The zero-order valence-electron chi connectivity index (χ0n) is 14.7. The highest BCUT2D eigenvalue weighted by molar-refractivity contribution is 5.74. The van der Waals surface area contributed by atoms with Gasteiger partial charge in [-0.2, -0.15) is 0 Å². The minimum Gasteiger partial charge on any atom is -0.390 e. The molecule has 2 aromatic carbocycles. The van der Waals surface area contributed by atoms with Crippen molar-refractivity contribution in [3.05, 3.63) is 70.8 Å². The zero-order chi connectivity index (χ0) is 17.8. The van der Waals surface area contributed by atoms with Crippen molar-refractivity contribution >= 4 is 6.03 Å². The first-order valence-electron chi connectivity index (χ1n) is 8.55. The van der Waals surface area contributed by atoms with Crippen LogP contribution in [-0.4, -0.2) is 36.2 Å². The molecule has 0 fully saturated rings. The normalized spacial score (nSPS) is 18.9. The Labute approximate surface area is 148 Å². The van der Waals surface area contributed by atoms with Crippen LogP contribution in [0.2, 0.25) is 0 Å². The summed E-state index contributed by atoms with van der Waals surface area (Å²) in [5.41, 5.74) is 4.38. The number of benzene rings is 2. The molecule has 0 saturated carbocycles. The molecule has 5 nitrogen and oxygen atoms in total. The first-order chi connectivity index (χ1) is 12.0. The third-order valence-corrected chi connectivity index (χ3v) is 4.47. The quantitative estimate of drug-likeness (QED) is 0.782. The van der Waals surface area contributed by atoms with Gasteiger partial charge in [-0.25, -0.2) is 4.79 Å². The van der Waals surface area contributed by atoms with Crippen molar-refractivity contribution in [1.82, 2.24) is 15.5 Å². The molecule has 0 saturated heterocycles. The van der Waals surface area contributed by atoms with Crippen molar-refractivity contribution in [3.63, 3.8) is 0 Å². The largest absolute Gasteiger partial charge is 0.390 e. The molecule has 1 aliphatic carbocycles. The van der Waals surface area contributed by atoms with Crippen molar-refractivity contribution in [2.45, 2.75) is 31.7 Å². The summed E-state index contributed by atoms with van der Waals surface area (Å²) in [7, 11) is 4.07. The highest BCUT2D eigenvalue weighted by Crippen LogP contribution is 2.31. The predicted octanol–water partition coefficient (Wildman–Crippen LogP) is 2.21. The minimum atomic E-state index is -0.575. The summed E-state index contributed by atoms with van der Waals surface area (Å²) in [6, 6.07) is 15.4. The van der Waals surface area contributed by atoms with Gasteiger partial charge in [-0.15, -0.1) is 0 Å². The number of amides is 2. The van der Waals surface area contributed by atoms with Crippen LogP contribution in [0.5, 0.6) is 0 Å². The molecule has 0 heterocycles. The number of carbonyl (C=O) groups is 1. The van der Waals surface area contributed by atoms with E-state index in [0.29, 0.717) is 13.0 Å². The monoisotopic (exact) mass is 339 g/mol. The van der Waals surface area contributed by atoms with Crippen LogP contribution in [0.1, 0.15) is 28.3 Å². The lowest BCUT2D eigenvalue weighted by Crippen LogP contribution is -2.40. The molecule has 0 bridgehead atoms. The highest BCUT2D eigenvalue weighted by atomic mass is 16.3. The number of hydrogen-bond acceptors (Lipinski definition) is 3. The lowest BCUT2D eigenvalue weighted by Gasteiger charge is -2.18. The van der Waals surface area contributed by atoms with E-state index >= 15 is 0 Å². The molecule has 132 valence electrons. The van der Waals surface area contributed by atoms with Crippen LogP contribution in [0, 0.1) is 0 Å². The van der Waals surface area contributed by atoms with Gasteiger partial charge in [0.25, 0.3) is 0 Å². The van der Waals surface area contributed by atoms with E-state index in [4.69, 9.17) is 0 Å². The molecule has 5 heteroatoms. The third-order valence-electron chi connectivity index (χ3n) is 4.47. The maximum absolute atomic E-state index is 12.2. The second-order valence-electron chi connectivity index (χ2n) is 6.83. The number of fused-ring (bicyclic) bond motifs is 1. The van der Waals surface area contributed by atoms with Crippen molar-refractivity contribution in [2.24, 2.45) is 0 Å². The van der Waals surface area contributed by atoms with E-state index in [1.54, 1.807) is 0 Å². The molecular weight excluding hydrogens is 314 g/mol. The van der Waals surface area contributed by atoms with E-state index in [9.17, 15) is 9.90 Å². The summed E-state index contributed by atoms with van der Waals surface area (Å²) >= 11 is 0. The van der Waals surface area contributed by atoms with Gasteiger partial charge in [0, 0.05) is 19.5 Å². The van der Waals surface area contributed by atoms with Crippen LogP contribution in [-0.2, 0) is 19.5 Å². The molecule has 2 unspecified atom stereocenters. The topological polar surface area (TPSA) is 64.6 Å². The summed E-state index contributed by atoms with van der Waals surface area (Å²) in [5, 5.41) is 16.0. The van der Waals surface area contributed by atoms with Crippen LogP contribution in [0.3, 0.4) is 0 Å². The Bertz CT molecular complexity index is 728. The van der Waals surface area contributed by atoms with E-state index in [1.165, 1.54) is 5.56 Å². The maximum atomic E-state index is 12.2. The number of rotatable bonds is 5. The molecule has 3 rings (SSSR count). The van der Waals surface area contributed by atoms with E-state index in [-0.39, 0.29) is 12.1 Å². The first kappa shape index (κ1) is 17.5. The summed E-state index contributed by atoms with van der Waals surface area (Å²) in [6.07, 6.45) is 0.00234. The Balaban J connectivity index is 1.53. The van der Waals surface area contributed by atoms with Gasteiger partial charge in [0.05, 0.1) is 12.1 Å². The van der Waals surface area contributed by atoms with Crippen molar-refractivity contribution in [3.8, 4) is 0 Å². The van der Waals surface area contributed by atoms with Crippen molar-refractivity contribution in [1.29, 1.82) is 0 Å². The van der Waals surface area contributed by atoms with Gasteiger partial charge in [-0.05, 0) is 36.3 Å². The molecule has 1 aliphatic rings. The molecule has 2 aromatic rings. The Morgan fingerprint density at radius 3 is 2.52 bits per heavy atom. The van der Waals surface area contributed by atoms with Gasteiger partial charge in [0.2, 0.25) is 0 Å². The summed E-state index contributed by atoms with van der Waals surface area (Å²) in [4.78, 5) is 14.3. The Morgan fingerprint density at radius 1 is 1.12 bits per heavy atom. The van der Waals surface area contributed by atoms with Gasteiger partial charge >= 0.3 is 6.03 Å². The smallest absolute Gasteiger partial charge is 0.315 e. The molecule has 0 spiro atoms. The molecule has 0 aliphatic heterocycles. The van der Waals surface area contributed by atoms with Crippen molar-refractivity contribution in [2.75, 3.05) is 14.1 Å². The average Bonchev–Trinajstić information content (AvgIpc) is 2.89. The summed E-state index contributed by atoms with van der Waals surface area (Å²) in [6.45, 7) is 1.35. The van der Waals surface area contributed by atoms with Gasteiger partial charge in [0.1, 0.15) is 0 Å². The number of hydrogen-bond donors (Lipinski definition) is 3. The van der Waals surface area contributed by atoms with Crippen LogP contribution in [0.15, 0.2) is 48.5 Å². The fraction of sp³-hybridized carbons (Fsp3) is 0.350. The van der Waals surface area contributed by atoms with Gasteiger partial charge in [-0.3, -0.25) is 0 Å². The molecule has 2 atom stereocenters. The number of aliphatic hydroxyl groups is 1. The van der Waals surface area contributed by atoms with Gasteiger partial charge in [-0.1, -0.05) is 48.5 Å². The Hall–Kier alpha value is -2.37. The van der Waals surface area contributed by atoms with Gasteiger partial charge in [0.15, 0.2) is 0 Å². The fourth-order valence-electron chi connectivity index (χ4n) is 3.25. The zero-order valence-corrected chi connectivity index (χ0v) is 14.7. The standard InChI is InChI=1S/C20H25N3O2/c1-23(2)13-15-9-7-14(8-10-15)12-21-20(25)22-19-17-6-4-3-5-16(17)11-18(19)24/h3-10,18-19,24H,11-13H2,1-2H3,(H2,21,22,25). The van der Waals surface area contributed by atoms with E-state index < -0.39 is 6.10 Å². The van der Waals surface area contributed by atoms with E-state index in [0.717, 1.165) is 23.2 Å². The van der Waals surface area contributed by atoms with Crippen LogP contribution in [0.4, 0.5) is 4.79 Å². The van der Waals surface area contributed by atoms with E-state index in [1.807, 2.05) is 50.5 Å². The highest BCUT2D eigenvalue weighted by Gasteiger charge is 2.31. The number of nitrogens with zero attached hydrogens (tertiary/aromatic N) is 1. The lowest BCUT2D eigenvalue weighted by molar-refractivity contribution is 0.142. The van der Waals surface area contributed by atoms with Gasteiger partial charge < -0.3 is 20.6 Å². The van der Waals surface area contributed by atoms with Crippen LogP contribution < -0.4 is 10.6 Å². The van der Waals surface area contributed by atoms with Crippen LogP contribution >= 0.6 is 0 Å². The summed E-state index contributed by atoms with van der Waals surface area (Å²) in [5.74, 6) is 0. The predicted molar refractivity (Wildman–Crippen MR) is 98.1 cm³/mol. The molecule has 25 heavy (non-hydrogen) atoms. The average molecular weight is 339 g/mol. The van der Waals surface area contributed by atoms with Crippen LogP contribution in [0.25, 0.3) is 0 Å². The third kappa shape index (κ3) is 4.38. The second kappa shape index (κ2) is 7.68. The molecule has 2 amide bonds. The van der Waals surface area contributed by atoms with Crippen molar-refractivity contribution < 1.29 is 9.90 Å². The fourth-order valence-corrected chi connectivity index (χ4v) is 3.25. The number of urea groups is 1. The minimum absolute atomic E-state index is 0.266. The number of carbonyl (C=O) groups excluding carboxylic acids is 1. The molecular formula is C20H25N3O2. The molecule has 0 aromatic heterocycles. The molecule has 0 radical (unpaired) electrons. The summed E-state index contributed by atoms with van der Waals surface area (Å²) < 4.78 is 0. The SMILES string of the molecule is CN(C)Cc1ccc(CNC(=O)NC2c3ccccc3CC2O)cc1. The lowest BCUT2D eigenvalue weighted by atomic mass is 10.1.